The molecule has 0 atom stereocenters. The molecule has 0 amide bonds. The maximum atomic E-state index is 12.5. The highest BCUT2D eigenvalue weighted by atomic mass is 32.2. The lowest BCUT2D eigenvalue weighted by molar-refractivity contribution is -0.274. The van der Waals surface area contributed by atoms with E-state index >= 15 is 0 Å². The number of nitrogens with zero attached hydrogens (tertiary/aromatic N) is 2. The van der Waals surface area contributed by atoms with Crippen molar-refractivity contribution in [3.63, 3.8) is 0 Å². The first-order chi connectivity index (χ1) is 14.4. The monoisotopic (exact) mass is 436 g/mol. The van der Waals surface area contributed by atoms with E-state index in [-0.39, 0.29) is 5.75 Å². The summed E-state index contributed by atoms with van der Waals surface area (Å²) < 4.78 is 43.6. The minimum Gasteiger partial charge on any atom is -0.406 e. The lowest BCUT2D eigenvalue weighted by Gasteiger charge is -2.11. The van der Waals surface area contributed by atoms with Gasteiger partial charge in [0, 0.05) is 17.0 Å². The normalized spacial score (nSPS) is 11.9. The van der Waals surface area contributed by atoms with Crippen LogP contribution in [-0.4, -0.2) is 21.7 Å². The van der Waals surface area contributed by atoms with Gasteiger partial charge in [-0.05, 0) is 61.1 Å². The summed E-state index contributed by atoms with van der Waals surface area (Å²) in [6.07, 6.45) is 0.933. The second-order valence-electron chi connectivity index (χ2n) is 7.22. The molecule has 0 bridgehead atoms. The fourth-order valence-corrected chi connectivity index (χ4v) is 4.16. The molecule has 3 nitrogen and oxygen atoms in total. The third-order valence-electron chi connectivity index (χ3n) is 4.77. The average Bonchev–Trinajstić information content (AvgIpc) is 3.07. The molecule has 1 aromatic heterocycles. The van der Waals surface area contributed by atoms with E-state index in [0.717, 1.165) is 60.4 Å². The Labute approximate surface area is 179 Å². The number of ether oxygens (including phenoxy) is 1. The number of aromatic nitrogens is 2. The molecule has 0 unspecified atom stereocenters. The van der Waals surface area contributed by atoms with Crippen molar-refractivity contribution in [3.8, 4) is 17.1 Å². The number of unbranched alkanes of at least 4 members (excludes halogenated alkanes) is 3. The van der Waals surface area contributed by atoms with Crippen LogP contribution in [0.25, 0.3) is 22.4 Å². The molecular formula is C23H27F3N2OS. The molecule has 0 N–H and O–H groups in total. The summed E-state index contributed by atoms with van der Waals surface area (Å²) in [5.41, 5.74) is 2.74. The fourth-order valence-electron chi connectivity index (χ4n) is 3.36. The van der Waals surface area contributed by atoms with Crippen LogP contribution < -0.4 is 4.74 Å². The van der Waals surface area contributed by atoms with Crippen LogP contribution in [-0.2, 0) is 6.54 Å². The lowest BCUT2D eigenvalue weighted by Crippen LogP contribution is -2.16. The van der Waals surface area contributed by atoms with Gasteiger partial charge in [-0.2, -0.15) is 0 Å². The predicted octanol–water partition coefficient (Wildman–Crippen LogP) is 7.68. The Morgan fingerprint density at radius 1 is 0.967 bits per heavy atom. The molecule has 30 heavy (non-hydrogen) atoms. The van der Waals surface area contributed by atoms with Gasteiger partial charge in [0.25, 0.3) is 0 Å². The molecule has 0 aliphatic heterocycles. The van der Waals surface area contributed by atoms with Crippen molar-refractivity contribution in [2.45, 2.75) is 63.8 Å². The predicted molar refractivity (Wildman–Crippen MR) is 117 cm³/mol. The maximum absolute atomic E-state index is 12.5. The smallest absolute Gasteiger partial charge is 0.406 e. The Hall–Kier alpha value is -2.15. The number of benzene rings is 2. The topological polar surface area (TPSA) is 27.1 Å². The zero-order valence-electron chi connectivity index (χ0n) is 17.3. The van der Waals surface area contributed by atoms with E-state index in [1.807, 2.05) is 17.8 Å². The number of hydrogen-bond donors (Lipinski definition) is 0. The molecule has 0 fully saturated rings. The highest BCUT2D eigenvalue weighted by Crippen LogP contribution is 2.31. The fraction of sp³-hybridized carbons (Fsp3) is 0.435. The van der Waals surface area contributed by atoms with Crippen LogP contribution >= 0.6 is 11.8 Å². The number of imidazole rings is 1. The van der Waals surface area contributed by atoms with Crippen molar-refractivity contribution < 1.29 is 17.9 Å². The van der Waals surface area contributed by atoms with Crippen molar-refractivity contribution in [2.75, 3.05) is 5.75 Å². The molecular weight excluding hydrogens is 409 g/mol. The molecule has 162 valence electrons. The number of fused-ring (bicyclic) bond motifs is 1. The summed E-state index contributed by atoms with van der Waals surface area (Å²) in [6, 6.07) is 12.2. The second kappa shape index (κ2) is 10.2. The van der Waals surface area contributed by atoms with Gasteiger partial charge >= 0.3 is 6.36 Å². The minimum atomic E-state index is -4.69. The molecule has 1 heterocycles. The number of aryl methyl sites for hydroxylation is 1. The van der Waals surface area contributed by atoms with E-state index in [2.05, 4.69) is 35.3 Å². The van der Waals surface area contributed by atoms with Crippen LogP contribution in [0.1, 0.15) is 46.0 Å². The van der Waals surface area contributed by atoms with Crippen LogP contribution in [0.4, 0.5) is 13.2 Å². The molecule has 0 spiro atoms. The Morgan fingerprint density at radius 3 is 2.40 bits per heavy atom. The molecule has 0 aliphatic carbocycles. The van der Waals surface area contributed by atoms with E-state index in [0.29, 0.717) is 0 Å². The van der Waals surface area contributed by atoms with E-state index in [9.17, 15) is 13.2 Å². The van der Waals surface area contributed by atoms with Gasteiger partial charge in [-0.3, -0.25) is 0 Å². The standard InChI is InChI=1S/C23H27F3N2OS/c1-3-5-6-7-14-28-21-16-19(30-15-4-2)12-13-20(21)27-22(28)17-8-10-18(11-9-17)29-23(24,25)26/h8-13,16H,3-7,14-15H2,1-2H3. The minimum absolute atomic E-state index is 0.227. The highest BCUT2D eigenvalue weighted by molar-refractivity contribution is 7.99. The Kier molecular flexibility index (Phi) is 7.69. The summed E-state index contributed by atoms with van der Waals surface area (Å²) in [5, 5.41) is 0. The molecule has 3 aromatic rings. The van der Waals surface area contributed by atoms with Crippen LogP contribution in [0, 0.1) is 0 Å². The summed E-state index contributed by atoms with van der Waals surface area (Å²) >= 11 is 1.82. The van der Waals surface area contributed by atoms with E-state index in [1.165, 1.54) is 23.4 Å². The second-order valence-corrected chi connectivity index (χ2v) is 8.39. The van der Waals surface area contributed by atoms with Crippen LogP contribution in [0.2, 0.25) is 0 Å². The largest absolute Gasteiger partial charge is 0.573 e. The quantitative estimate of drug-likeness (QED) is 0.241. The number of thioether (sulfide) groups is 1. The zero-order valence-corrected chi connectivity index (χ0v) is 18.2. The van der Waals surface area contributed by atoms with Gasteiger partial charge in [-0.15, -0.1) is 24.9 Å². The van der Waals surface area contributed by atoms with Crippen LogP contribution in [0.15, 0.2) is 47.4 Å². The van der Waals surface area contributed by atoms with Crippen molar-refractivity contribution in [1.29, 1.82) is 0 Å². The number of hydrogen-bond acceptors (Lipinski definition) is 3. The molecule has 0 radical (unpaired) electrons. The SMILES string of the molecule is CCCCCCn1c(-c2ccc(OC(F)(F)F)cc2)nc2ccc(SCCC)cc21. The summed E-state index contributed by atoms with van der Waals surface area (Å²) in [5.74, 6) is 1.61. The van der Waals surface area contributed by atoms with Gasteiger partial charge < -0.3 is 9.30 Å². The average molecular weight is 437 g/mol. The molecule has 0 saturated carbocycles. The van der Waals surface area contributed by atoms with Crippen molar-refractivity contribution in [1.82, 2.24) is 9.55 Å². The van der Waals surface area contributed by atoms with Gasteiger partial charge in [0.05, 0.1) is 11.0 Å². The maximum Gasteiger partial charge on any atom is 0.573 e. The first-order valence-electron chi connectivity index (χ1n) is 10.4. The Morgan fingerprint density at radius 2 is 1.73 bits per heavy atom. The van der Waals surface area contributed by atoms with Crippen molar-refractivity contribution in [3.05, 3.63) is 42.5 Å². The van der Waals surface area contributed by atoms with Crippen molar-refractivity contribution >= 4 is 22.8 Å². The Bertz CT molecular complexity index is 951. The first kappa shape index (κ1) is 22.5. The highest BCUT2D eigenvalue weighted by Gasteiger charge is 2.31. The van der Waals surface area contributed by atoms with Gasteiger partial charge in [-0.1, -0.05) is 33.1 Å². The lowest BCUT2D eigenvalue weighted by atomic mass is 10.2. The number of rotatable bonds is 10. The number of halogens is 3. The molecule has 0 aliphatic rings. The van der Waals surface area contributed by atoms with E-state index < -0.39 is 6.36 Å². The van der Waals surface area contributed by atoms with Crippen LogP contribution in [0.5, 0.6) is 5.75 Å². The first-order valence-corrected chi connectivity index (χ1v) is 11.4. The van der Waals surface area contributed by atoms with E-state index in [4.69, 9.17) is 4.98 Å². The van der Waals surface area contributed by atoms with E-state index in [1.54, 1.807) is 12.1 Å². The molecule has 7 heteroatoms. The molecule has 3 rings (SSSR count). The third-order valence-corrected chi connectivity index (χ3v) is 5.97. The molecule has 0 saturated heterocycles. The zero-order chi connectivity index (χ0) is 21.6. The summed E-state index contributed by atoms with van der Waals surface area (Å²) in [6.45, 7) is 5.17. The van der Waals surface area contributed by atoms with Gasteiger partial charge in [0.1, 0.15) is 11.6 Å². The third kappa shape index (κ3) is 5.94. The van der Waals surface area contributed by atoms with Crippen molar-refractivity contribution in [2.24, 2.45) is 0 Å². The van der Waals surface area contributed by atoms with Gasteiger partial charge in [-0.25, -0.2) is 4.98 Å². The number of alkyl halides is 3. The summed E-state index contributed by atoms with van der Waals surface area (Å²) in [7, 11) is 0. The van der Waals surface area contributed by atoms with Crippen LogP contribution in [0.3, 0.4) is 0 Å². The van der Waals surface area contributed by atoms with Gasteiger partial charge in [0.2, 0.25) is 0 Å². The van der Waals surface area contributed by atoms with Gasteiger partial charge in [0.15, 0.2) is 0 Å². The Balaban J connectivity index is 1.95. The molecule has 2 aromatic carbocycles. The summed E-state index contributed by atoms with van der Waals surface area (Å²) in [4.78, 5) is 6.01.